The van der Waals surface area contributed by atoms with Gasteiger partial charge < -0.3 is 15.2 Å². The van der Waals surface area contributed by atoms with E-state index in [-0.39, 0.29) is 18.1 Å². The Bertz CT molecular complexity index is 344. The molecule has 1 rings (SSSR count). The maximum absolute atomic E-state index is 11.4. The molecule has 1 fully saturated rings. The lowest BCUT2D eigenvalue weighted by Crippen LogP contribution is -2.50. The van der Waals surface area contributed by atoms with E-state index in [1.807, 2.05) is 0 Å². The molecular formula is C13H24N2O4. The largest absolute Gasteiger partial charge is 0.465 e. The number of amides is 2. The molecule has 1 saturated carbocycles. The van der Waals surface area contributed by atoms with Gasteiger partial charge in [0.1, 0.15) is 0 Å². The van der Waals surface area contributed by atoms with Gasteiger partial charge in [-0.05, 0) is 30.6 Å². The van der Waals surface area contributed by atoms with Crippen LogP contribution in [0.25, 0.3) is 0 Å². The van der Waals surface area contributed by atoms with Crippen LogP contribution in [0.4, 0.5) is 9.59 Å². The number of nitrogens with zero attached hydrogens (tertiary/aromatic N) is 1. The van der Waals surface area contributed by atoms with Crippen LogP contribution in [0.15, 0.2) is 0 Å². The summed E-state index contributed by atoms with van der Waals surface area (Å²) in [6.45, 7) is 6.42. The molecule has 0 aromatic heterocycles. The number of carbonyl (C=O) groups is 2. The van der Waals surface area contributed by atoms with E-state index in [1.54, 1.807) is 0 Å². The first kappa shape index (κ1) is 15.6. The van der Waals surface area contributed by atoms with E-state index >= 15 is 0 Å². The second-order valence-electron chi connectivity index (χ2n) is 6.15. The van der Waals surface area contributed by atoms with Crippen LogP contribution in [0.1, 0.15) is 40.0 Å². The van der Waals surface area contributed by atoms with Crippen molar-refractivity contribution in [3.05, 3.63) is 0 Å². The molecule has 1 aliphatic rings. The van der Waals surface area contributed by atoms with Crippen LogP contribution in [0.3, 0.4) is 0 Å². The van der Waals surface area contributed by atoms with E-state index in [9.17, 15) is 14.7 Å². The van der Waals surface area contributed by atoms with E-state index in [2.05, 4.69) is 30.8 Å². The van der Waals surface area contributed by atoms with Crippen molar-refractivity contribution in [1.29, 1.82) is 0 Å². The molecular weight excluding hydrogens is 248 g/mol. The van der Waals surface area contributed by atoms with Crippen molar-refractivity contribution in [2.45, 2.75) is 46.1 Å². The quantitative estimate of drug-likeness (QED) is 0.774. The second kappa shape index (κ2) is 6.12. The highest BCUT2D eigenvalue weighted by molar-refractivity contribution is 5.69. The molecule has 6 heteroatoms. The van der Waals surface area contributed by atoms with Crippen LogP contribution in [0.2, 0.25) is 0 Å². The molecule has 1 aliphatic carbocycles. The Morgan fingerprint density at radius 3 is 2.53 bits per heavy atom. The lowest BCUT2D eigenvalue weighted by Gasteiger charge is -2.42. The summed E-state index contributed by atoms with van der Waals surface area (Å²) in [7, 11) is 1.26. The minimum Gasteiger partial charge on any atom is -0.465 e. The van der Waals surface area contributed by atoms with Gasteiger partial charge in [0, 0.05) is 6.04 Å². The second-order valence-corrected chi connectivity index (χ2v) is 6.15. The highest BCUT2D eigenvalue weighted by atomic mass is 16.5. The van der Waals surface area contributed by atoms with Crippen molar-refractivity contribution >= 4 is 12.2 Å². The van der Waals surface area contributed by atoms with Gasteiger partial charge in [0.25, 0.3) is 0 Å². The average Bonchev–Trinajstić information content (AvgIpc) is 2.25. The Balaban J connectivity index is 2.70. The number of carbonyl (C=O) groups excluding carboxylic acids is 1. The minimum absolute atomic E-state index is 0.0323. The lowest BCUT2D eigenvalue weighted by atomic mass is 9.70. The van der Waals surface area contributed by atoms with Crippen molar-refractivity contribution in [2.75, 3.05) is 13.8 Å². The molecule has 0 spiro atoms. The van der Waals surface area contributed by atoms with Crippen molar-refractivity contribution in [3.8, 4) is 0 Å². The van der Waals surface area contributed by atoms with Crippen LogP contribution in [0.5, 0.6) is 0 Å². The van der Waals surface area contributed by atoms with Gasteiger partial charge in [-0.3, -0.25) is 4.90 Å². The number of carboxylic acid groups (broad SMARTS) is 1. The van der Waals surface area contributed by atoms with E-state index in [0.717, 1.165) is 19.3 Å². The molecule has 0 aromatic rings. The summed E-state index contributed by atoms with van der Waals surface area (Å²) in [5.41, 5.74) is 0.126. The number of alkyl carbamates (subject to hydrolysis) is 1. The van der Waals surface area contributed by atoms with Gasteiger partial charge in [0.2, 0.25) is 0 Å². The summed E-state index contributed by atoms with van der Waals surface area (Å²) in [5.74, 6) is 0.480. The molecule has 0 bridgehead atoms. The molecule has 2 amide bonds. The zero-order valence-electron chi connectivity index (χ0n) is 12.1. The van der Waals surface area contributed by atoms with Crippen LogP contribution in [0, 0.1) is 11.3 Å². The number of ether oxygens (including phenoxy) is 1. The van der Waals surface area contributed by atoms with Gasteiger partial charge in [0.05, 0.1) is 13.8 Å². The predicted octanol–water partition coefficient (Wildman–Crippen LogP) is 2.49. The molecule has 0 aliphatic heterocycles. The number of hydrogen-bond acceptors (Lipinski definition) is 3. The first-order valence-corrected chi connectivity index (χ1v) is 6.56. The third-order valence-electron chi connectivity index (χ3n) is 3.63. The fourth-order valence-corrected chi connectivity index (χ4v) is 3.11. The zero-order valence-corrected chi connectivity index (χ0v) is 12.1. The maximum Gasteiger partial charge on any atom is 0.408 e. The highest BCUT2D eigenvalue weighted by Crippen LogP contribution is 2.40. The van der Waals surface area contributed by atoms with Gasteiger partial charge >= 0.3 is 12.2 Å². The Hall–Kier alpha value is -1.46. The molecule has 0 radical (unpaired) electrons. The Morgan fingerprint density at radius 2 is 2.05 bits per heavy atom. The predicted molar refractivity (Wildman–Crippen MR) is 70.9 cm³/mol. The first-order valence-electron chi connectivity index (χ1n) is 6.56. The summed E-state index contributed by atoms with van der Waals surface area (Å²) in [6, 6.07) is -0.0617. The molecule has 2 N–H and O–H groups in total. The summed E-state index contributed by atoms with van der Waals surface area (Å²) in [6.07, 6.45) is 1.12. The third kappa shape index (κ3) is 4.61. The lowest BCUT2D eigenvalue weighted by molar-refractivity contribution is 0.0583. The number of methoxy groups -OCH3 is 1. The molecule has 2 unspecified atom stereocenters. The summed E-state index contributed by atoms with van der Waals surface area (Å²) in [4.78, 5) is 23.7. The molecule has 2 atom stereocenters. The third-order valence-corrected chi connectivity index (χ3v) is 3.63. The molecule has 110 valence electrons. The Labute approximate surface area is 114 Å². The Morgan fingerprint density at radius 1 is 1.42 bits per heavy atom. The fourth-order valence-electron chi connectivity index (χ4n) is 3.11. The fraction of sp³-hybridized carbons (Fsp3) is 0.846. The van der Waals surface area contributed by atoms with E-state index in [0.29, 0.717) is 5.92 Å². The van der Waals surface area contributed by atoms with E-state index in [1.165, 1.54) is 12.0 Å². The summed E-state index contributed by atoms with van der Waals surface area (Å²) < 4.78 is 4.46. The summed E-state index contributed by atoms with van der Waals surface area (Å²) >= 11 is 0. The van der Waals surface area contributed by atoms with Crippen molar-refractivity contribution in [3.63, 3.8) is 0 Å². The van der Waals surface area contributed by atoms with Gasteiger partial charge in [-0.15, -0.1) is 0 Å². The van der Waals surface area contributed by atoms with E-state index in [4.69, 9.17) is 0 Å². The van der Waals surface area contributed by atoms with Crippen LogP contribution < -0.4 is 5.32 Å². The van der Waals surface area contributed by atoms with Gasteiger partial charge in [-0.2, -0.15) is 0 Å². The van der Waals surface area contributed by atoms with Gasteiger partial charge in [0.15, 0.2) is 0 Å². The number of nitrogens with one attached hydrogen (secondary N) is 1. The average molecular weight is 272 g/mol. The topological polar surface area (TPSA) is 78.9 Å². The number of rotatable bonds is 3. The monoisotopic (exact) mass is 272 g/mol. The molecule has 0 heterocycles. The SMILES string of the molecule is COC(=O)NCN(C(=O)O)C1CC(C)CC(C)(C)C1. The van der Waals surface area contributed by atoms with Crippen molar-refractivity contribution < 1.29 is 19.4 Å². The maximum atomic E-state index is 11.4. The van der Waals surface area contributed by atoms with Crippen LogP contribution in [-0.2, 0) is 4.74 Å². The van der Waals surface area contributed by atoms with Crippen molar-refractivity contribution in [1.82, 2.24) is 10.2 Å². The van der Waals surface area contributed by atoms with E-state index < -0.39 is 12.2 Å². The molecule has 19 heavy (non-hydrogen) atoms. The normalized spacial score (nSPS) is 25.5. The standard InChI is InChI=1S/C13H24N2O4/c1-9-5-10(7-13(2,3)6-9)15(12(17)18)8-14-11(16)19-4/h9-10H,5-8H2,1-4H3,(H,14,16)(H,17,18). The Kier molecular flexibility index (Phi) is 5.03. The van der Waals surface area contributed by atoms with Crippen LogP contribution in [-0.4, -0.2) is 42.0 Å². The smallest absolute Gasteiger partial charge is 0.408 e. The first-order chi connectivity index (χ1) is 8.75. The van der Waals surface area contributed by atoms with Crippen LogP contribution >= 0.6 is 0 Å². The van der Waals surface area contributed by atoms with Gasteiger partial charge in [-0.25, -0.2) is 9.59 Å². The van der Waals surface area contributed by atoms with Crippen molar-refractivity contribution in [2.24, 2.45) is 11.3 Å². The zero-order chi connectivity index (χ0) is 14.6. The highest BCUT2D eigenvalue weighted by Gasteiger charge is 2.36. The molecule has 6 nitrogen and oxygen atoms in total. The van der Waals surface area contributed by atoms with Gasteiger partial charge in [-0.1, -0.05) is 20.8 Å². The minimum atomic E-state index is -1.01. The molecule has 0 saturated heterocycles. The number of hydrogen-bond donors (Lipinski definition) is 2. The summed E-state index contributed by atoms with van der Waals surface area (Å²) in [5, 5.41) is 11.7. The molecule has 0 aromatic carbocycles.